The first-order chi connectivity index (χ1) is 10.2. The summed E-state index contributed by atoms with van der Waals surface area (Å²) in [5.41, 5.74) is 3.83. The van der Waals surface area contributed by atoms with Crippen molar-refractivity contribution in [3.8, 4) is 11.3 Å². The molecule has 0 fully saturated rings. The predicted octanol–water partition coefficient (Wildman–Crippen LogP) is 4.37. The molecular formula is C17H14N2OS. The Morgan fingerprint density at radius 3 is 2.48 bits per heavy atom. The van der Waals surface area contributed by atoms with Crippen molar-refractivity contribution in [2.45, 2.75) is 6.92 Å². The largest absolute Gasteiger partial charge is 0.320 e. The summed E-state index contributed by atoms with van der Waals surface area (Å²) in [4.78, 5) is 16.6. The van der Waals surface area contributed by atoms with Crippen LogP contribution in [0.2, 0.25) is 0 Å². The standard InChI is InChI=1S/C17H14N2OS/c1-12-7-9-13(10-8-12)15-11-21-17(19-15)16(20)18-14-5-3-2-4-6-14/h2-11H,1H3,(H,18,20). The van der Waals surface area contributed by atoms with Gasteiger partial charge in [0.05, 0.1) is 5.69 Å². The Morgan fingerprint density at radius 1 is 1.05 bits per heavy atom. The SMILES string of the molecule is Cc1ccc(-c2csc(C(=O)Nc3ccccc3)n2)cc1. The van der Waals surface area contributed by atoms with Crippen LogP contribution in [0.4, 0.5) is 5.69 Å². The summed E-state index contributed by atoms with van der Waals surface area (Å²) in [5, 5.41) is 5.22. The lowest BCUT2D eigenvalue weighted by molar-refractivity contribution is 0.102. The number of carbonyl (C=O) groups is 1. The van der Waals surface area contributed by atoms with Gasteiger partial charge < -0.3 is 5.32 Å². The zero-order chi connectivity index (χ0) is 14.7. The van der Waals surface area contributed by atoms with E-state index in [4.69, 9.17) is 0 Å². The van der Waals surface area contributed by atoms with Crippen LogP contribution in [0.25, 0.3) is 11.3 Å². The van der Waals surface area contributed by atoms with Crippen molar-refractivity contribution in [1.29, 1.82) is 0 Å². The van der Waals surface area contributed by atoms with Crippen LogP contribution in [0.5, 0.6) is 0 Å². The number of aryl methyl sites for hydroxylation is 1. The Morgan fingerprint density at radius 2 is 1.76 bits per heavy atom. The molecule has 1 N–H and O–H groups in total. The van der Waals surface area contributed by atoms with Crippen LogP contribution in [-0.2, 0) is 0 Å². The lowest BCUT2D eigenvalue weighted by Crippen LogP contribution is -2.11. The first-order valence-electron chi connectivity index (χ1n) is 6.61. The van der Waals surface area contributed by atoms with Gasteiger partial charge in [-0.2, -0.15) is 0 Å². The molecule has 3 aromatic rings. The summed E-state index contributed by atoms with van der Waals surface area (Å²) in [6, 6.07) is 17.5. The van der Waals surface area contributed by atoms with Gasteiger partial charge in [0.25, 0.3) is 5.91 Å². The van der Waals surface area contributed by atoms with Crippen molar-refractivity contribution in [3.63, 3.8) is 0 Å². The smallest absolute Gasteiger partial charge is 0.284 e. The number of nitrogens with zero attached hydrogens (tertiary/aromatic N) is 1. The quantitative estimate of drug-likeness (QED) is 0.779. The maximum absolute atomic E-state index is 12.1. The molecule has 0 unspecified atom stereocenters. The number of benzene rings is 2. The van der Waals surface area contributed by atoms with Crippen molar-refractivity contribution >= 4 is 22.9 Å². The van der Waals surface area contributed by atoms with Gasteiger partial charge >= 0.3 is 0 Å². The summed E-state index contributed by atoms with van der Waals surface area (Å²) in [6.45, 7) is 2.05. The Bertz CT molecular complexity index is 748. The lowest BCUT2D eigenvalue weighted by atomic mass is 10.1. The fourth-order valence-corrected chi connectivity index (χ4v) is 2.66. The van der Waals surface area contributed by atoms with E-state index in [1.807, 2.05) is 66.9 Å². The maximum Gasteiger partial charge on any atom is 0.284 e. The van der Waals surface area contributed by atoms with Gasteiger partial charge in [0.15, 0.2) is 5.01 Å². The molecule has 0 aliphatic rings. The minimum atomic E-state index is -0.176. The monoisotopic (exact) mass is 294 g/mol. The number of aromatic nitrogens is 1. The Hall–Kier alpha value is -2.46. The molecule has 0 saturated carbocycles. The Labute approximate surface area is 127 Å². The molecule has 0 aliphatic carbocycles. The highest BCUT2D eigenvalue weighted by molar-refractivity contribution is 7.12. The maximum atomic E-state index is 12.1. The molecule has 1 aromatic heterocycles. The number of carbonyl (C=O) groups excluding carboxylic acids is 1. The molecular weight excluding hydrogens is 280 g/mol. The Balaban J connectivity index is 1.78. The van der Waals surface area contributed by atoms with Gasteiger partial charge in [0.2, 0.25) is 0 Å². The normalized spacial score (nSPS) is 10.3. The highest BCUT2D eigenvalue weighted by Gasteiger charge is 2.12. The van der Waals surface area contributed by atoms with E-state index in [1.54, 1.807) is 0 Å². The van der Waals surface area contributed by atoms with Crippen LogP contribution < -0.4 is 5.32 Å². The molecule has 0 bridgehead atoms. The first kappa shape index (κ1) is 13.5. The molecule has 1 amide bonds. The van der Waals surface area contributed by atoms with E-state index in [-0.39, 0.29) is 5.91 Å². The van der Waals surface area contributed by atoms with Gasteiger partial charge in [-0.25, -0.2) is 4.98 Å². The summed E-state index contributed by atoms with van der Waals surface area (Å²) in [7, 11) is 0. The zero-order valence-electron chi connectivity index (χ0n) is 11.5. The minimum Gasteiger partial charge on any atom is -0.320 e. The third-order valence-corrected chi connectivity index (χ3v) is 3.92. The topological polar surface area (TPSA) is 42.0 Å². The van der Waals surface area contributed by atoms with E-state index in [9.17, 15) is 4.79 Å². The summed E-state index contributed by atoms with van der Waals surface area (Å²) in [6.07, 6.45) is 0. The van der Waals surface area contributed by atoms with Crippen molar-refractivity contribution in [2.75, 3.05) is 5.32 Å². The number of hydrogen-bond acceptors (Lipinski definition) is 3. The van der Waals surface area contributed by atoms with Crippen LogP contribution in [0.15, 0.2) is 60.0 Å². The van der Waals surface area contributed by atoms with Crippen molar-refractivity contribution in [1.82, 2.24) is 4.98 Å². The number of thiazole rings is 1. The molecule has 0 aliphatic heterocycles. The van der Waals surface area contributed by atoms with E-state index >= 15 is 0 Å². The van der Waals surface area contributed by atoms with Crippen molar-refractivity contribution < 1.29 is 4.79 Å². The molecule has 3 rings (SSSR count). The van der Waals surface area contributed by atoms with Gasteiger partial charge in [-0.05, 0) is 19.1 Å². The fourth-order valence-electron chi connectivity index (χ4n) is 1.94. The van der Waals surface area contributed by atoms with Crippen molar-refractivity contribution in [3.05, 3.63) is 70.5 Å². The molecule has 3 nitrogen and oxygen atoms in total. The second-order valence-electron chi connectivity index (χ2n) is 4.72. The van der Waals surface area contributed by atoms with Gasteiger partial charge in [-0.3, -0.25) is 4.79 Å². The predicted molar refractivity (Wildman–Crippen MR) is 86.7 cm³/mol. The molecule has 4 heteroatoms. The number of nitrogens with one attached hydrogen (secondary N) is 1. The van der Waals surface area contributed by atoms with Crippen LogP contribution >= 0.6 is 11.3 Å². The zero-order valence-corrected chi connectivity index (χ0v) is 12.4. The number of anilines is 1. The van der Waals surface area contributed by atoms with Crippen molar-refractivity contribution in [2.24, 2.45) is 0 Å². The van der Waals surface area contributed by atoms with E-state index < -0.39 is 0 Å². The molecule has 2 aromatic carbocycles. The molecule has 0 saturated heterocycles. The Kier molecular flexibility index (Phi) is 3.79. The molecule has 1 heterocycles. The van der Waals surface area contributed by atoms with E-state index in [0.29, 0.717) is 5.01 Å². The third kappa shape index (κ3) is 3.17. The highest BCUT2D eigenvalue weighted by atomic mass is 32.1. The fraction of sp³-hybridized carbons (Fsp3) is 0.0588. The number of hydrogen-bond donors (Lipinski definition) is 1. The van der Waals surface area contributed by atoms with Gasteiger partial charge in [0.1, 0.15) is 0 Å². The summed E-state index contributed by atoms with van der Waals surface area (Å²) < 4.78 is 0. The molecule has 104 valence electrons. The van der Waals surface area contributed by atoms with Crippen LogP contribution in [0, 0.1) is 6.92 Å². The second-order valence-corrected chi connectivity index (χ2v) is 5.58. The molecule has 0 radical (unpaired) electrons. The highest BCUT2D eigenvalue weighted by Crippen LogP contribution is 2.22. The first-order valence-corrected chi connectivity index (χ1v) is 7.49. The van der Waals surface area contributed by atoms with E-state index in [1.165, 1.54) is 16.9 Å². The third-order valence-electron chi connectivity index (χ3n) is 3.08. The van der Waals surface area contributed by atoms with Crippen LogP contribution in [0.1, 0.15) is 15.4 Å². The number of rotatable bonds is 3. The van der Waals surface area contributed by atoms with Crippen LogP contribution in [0.3, 0.4) is 0 Å². The minimum absolute atomic E-state index is 0.176. The van der Waals surface area contributed by atoms with E-state index in [0.717, 1.165) is 16.9 Å². The number of para-hydroxylation sites is 1. The van der Waals surface area contributed by atoms with E-state index in [2.05, 4.69) is 10.3 Å². The second kappa shape index (κ2) is 5.89. The van der Waals surface area contributed by atoms with Crippen LogP contribution in [-0.4, -0.2) is 10.9 Å². The average molecular weight is 294 g/mol. The average Bonchev–Trinajstić information content (AvgIpc) is 2.99. The van der Waals surface area contributed by atoms with Gasteiger partial charge in [-0.1, -0.05) is 48.0 Å². The van der Waals surface area contributed by atoms with Gasteiger partial charge in [-0.15, -0.1) is 11.3 Å². The molecule has 0 atom stereocenters. The number of amides is 1. The summed E-state index contributed by atoms with van der Waals surface area (Å²) >= 11 is 1.35. The van der Waals surface area contributed by atoms with Gasteiger partial charge in [0, 0.05) is 16.6 Å². The molecule has 21 heavy (non-hydrogen) atoms. The molecule has 0 spiro atoms. The lowest BCUT2D eigenvalue weighted by Gasteiger charge is -2.01. The summed E-state index contributed by atoms with van der Waals surface area (Å²) in [5.74, 6) is -0.176.